The summed E-state index contributed by atoms with van der Waals surface area (Å²) >= 11 is 11.3. The zero-order valence-corrected chi connectivity index (χ0v) is 11.8. The first-order valence-corrected chi connectivity index (χ1v) is 6.90. The van der Waals surface area contributed by atoms with Crippen LogP contribution in [0.1, 0.15) is 15.3 Å². The number of halogens is 2. The van der Waals surface area contributed by atoms with Crippen LogP contribution in [0.3, 0.4) is 0 Å². The number of hydrogen-bond acceptors (Lipinski definition) is 2. The van der Waals surface area contributed by atoms with E-state index in [9.17, 15) is 0 Å². The summed E-state index contributed by atoms with van der Waals surface area (Å²) in [7, 11) is 1.66. The number of thiophene rings is 1. The lowest BCUT2D eigenvalue weighted by Crippen LogP contribution is -1.95. The molecule has 2 aromatic rings. The minimum atomic E-state index is 0.153. The average molecular weight is 318 g/mol. The van der Waals surface area contributed by atoms with Crippen LogP contribution in [0.4, 0.5) is 0 Å². The van der Waals surface area contributed by atoms with Gasteiger partial charge in [0.25, 0.3) is 0 Å². The summed E-state index contributed by atoms with van der Waals surface area (Å²) in [6.45, 7) is 0. The third-order valence-electron chi connectivity index (χ3n) is 2.26. The van der Waals surface area contributed by atoms with Crippen LogP contribution in [0, 0.1) is 0 Å². The average Bonchev–Trinajstić information content (AvgIpc) is 2.81. The lowest BCUT2D eigenvalue weighted by Gasteiger charge is -2.13. The largest absolute Gasteiger partial charge is 0.496 e. The molecule has 84 valence electrons. The molecule has 1 unspecified atom stereocenters. The molecule has 0 fully saturated rings. The first kappa shape index (κ1) is 12.0. The van der Waals surface area contributed by atoms with Gasteiger partial charge >= 0.3 is 0 Å². The molecular weight excluding hydrogens is 308 g/mol. The number of rotatable bonds is 3. The summed E-state index contributed by atoms with van der Waals surface area (Å²) in [5.74, 6) is 0.808. The lowest BCUT2D eigenvalue weighted by atomic mass is 10.1. The van der Waals surface area contributed by atoms with Crippen LogP contribution in [0.15, 0.2) is 35.7 Å². The lowest BCUT2D eigenvalue weighted by molar-refractivity contribution is 0.410. The van der Waals surface area contributed by atoms with E-state index < -0.39 is 0 Å². The molecular formula is C12H10BrClOS. The van der Waals surface area contributed by atoms with E-state index in [-0.39, 0.29) is 4.83 Å². The standard InChI is InChI=1S/C12H10BrClOS/c1-15-10-7-8(14)4-5-9(10)12(13)11-3-2-6-16-11/h2-7,12H,1H3. The Labute approximate surface area is 112 Å². The fourth-order valence-electron chi connectivity index (χ4n) is 1.48. The van der Waals surface area contributed by atoms with Gasteiger partial charge in [0, 0.05) is 15.5 Å². The van der Waals surface area contributed by atoms with E-state index in [0.717, 1.165) is 11.3 Å². The first-order chi connectivity index (χ1) is 7.72. The van der Waals surface area contributed by atoms with Gasteiger partial charge in [-0.3, -0.25) is 0 Å². The highest BCUT2D eigenvalue weighted by atomic mass is 79.9. The third-order valence-corrected chi connectivity index (χ3v) is 4.72. The zero-order valence-electron chi connectivity index (χ0n) is 8.61. The first-order valence-electron chi connectivity index (χ1n) is 4.73. The fraction of sp³-hybridized carbons (Fsp3) is 0.167. The topological polar surface area (TPSA) is 9.23 Å². The second-order valence-corrected chi connectivity index (χ2v) is 5.60. The maximum Gasteiger partial charge on any atom is 0.125 e. The van der Waals surface area contributed by atoms with Crippen LogP contribution < -0.4 is 4.74 Å². The molecule has 0 aliphatic rings. The van der Waals surface area contributed by atoms with Crippen molar-refractivity contribution >= 4 is 38.9 Å². The molecule has 0 aliphatic carbocycles. The van der Waals surface area contributed by atoms with E-state index in [1.165, 1.54) is 4.88 Å². The van der Waals surface area contributed by atoms with Gasteiger partial charge in [-0.1, -0.05) is 39.7 Å². The maximum atomic E-state index is 5.93. The SMILES string of the molecule is COc1cc(Cl)ccc1C(Br)c1cccs1. The highest BCUT2D eigenvalue weighted by Gasteiger charge is 2.16. The van der Waals surface area contributed by atoms with Gasteiger partial charge in [-0.25, -0.2) is 0 Å². The highest BCUT2D eigenvalue weighted by molar-refractivity contribution is 9.09. The van der Waals surface area contributed by atoms with Crippen LogP contribution >= 0.6 is 38.9 Å². The molecule has 1 atom stereocenters. The molecule has 0 amide bonds. The van der Waals surface area contributed by atoms with Crippen LogP contribution in [-0.4, -0.2) is 7.11 Å². The van der Waals surface area contributed by atoms with Crippen LogP contribution in [-0.2, 0) is 0 Å². The van der Waals surface area contributed by atoms with Crippen molar-refractivity contribution in [1.29, 1.82) is 0 Å². The molecule has 0 saturated heterocycles. The van der Waals surface area contributed by atoms with Crippen LogP contribution in [0.5, 0.6) is 5.75 Å². The van der Waals surface area contributed by atoms with Crippen molar-refractivity contribution in [2.24, 2.45) is 0 Å². The van der Waals surface area contributed by atoms with Gasteiger partial charge < -0.3 is 4.74 Å². The maximum absolute atomic E-state index is 5.93. The van der Waals surface area contributed by atoms with Gasteiger partial charge in [-0.15, -0.1) is 11.3 Å². The minimum Gasteiger partial charge on any atom is -0.496 e. The van der Waals surface area contributed by atoms with Crippen LogP contribution in [0.25, 0.3) is 0 Å². The number of ether oxygens (including phenoxy) is 1. The Balaban J connectivity index is 2.40. The Morgan fingerprint density at radius 2 is 2.19 bits per heavy atom. The molecule has 0 bridgehead atoms. The van der Waals surface area contributed by atoms with Crippen molar-refractivity contribution < 1.29 is 4.74 Å². The van der Waals surface area contributed by atoms with Crippen molar-refractivity contribution in [1.82, 2.24) is 0 Å². The monoisotopic (exact) mass is 316 g/mol. The van der Waals surface area contributed by atoms with Crippen molar-refractivity contribution in [3.8, 4) is 5.75 Å². The predicted octanol–water partition coefficient (Wildman–Crippen LogP) is 4.89. The molecule has 1 heterocycles. The Morgan fingerprint density at radius 1 is 1.38 bits per heavy atom. The number of hydrogen-bond donors (Lipinski definition) is 0. The summed E-state index contributed by atoms with van der Waals surface area (Å²) in [6.07, 6.45) is 0. The molecule has 0 aliphatic heterocycles. The van der Waals surface area contributed by atoms with Gasteiger partial charge in [-0.2, -0.15) is 0 Å². The summed E-state index contributed by atoms with van der Waals surface area (Å²) in [4.78, 5) is 1.40. The van der Waals surface area contributed by atoms with E-state index in [2.05, 4.69) is 27.4 Å². The normalized spacial score (nSPS) is 12.4. The second-order valence-electron chi connectivity index (χ2n) is 3.26. The van der Waals surface area contributed by atoms with E-state index >= 15 is 0 Å². The number of benzene rings is 1. The van der Waals surface area contributed by atoms with E-state index in [0.29, 0.717) is 5.02 Å². The summed E-state index contributed by atoms with van der Waals surface area (Å²) in [6, 6.07) is 9.83. The van der Waals surface area contributed by atoms with E-state index in [4.69, 9.17) is 16.3 Å². The number of methoxy groups -OCH3 is 1. The highest BCUT2D eigenvalue weighted by Crippen LogP contribution is 2.39. The minimum absolute atomic E-state index is 0.153. The molecule has 1 aromatic heterocycles. The number of alkyl halides is 1. The predicted molar refractivity (Wildman–Crippen MR) is 73.1 cm³/mol. The van der Waals surface area contributed by atoms with Gasteiger partial charge in [0.2, 0.25) is 0 Å². The summed E-state index contributed by atoms with van der Waals surface area (Å²) < 4.78 is 5.34. The van der Waals surface area contributed by atoms with Crippen LogP contribution in [0.2, 0.25) is 5.02 Å². The Kier molecular flexibility index (Phi) is 3.90. The van der Waals surface area contributed by atoms with Crippen molar-refractivity contribution in [2.45, 2.75) is 4.83 Å². The van der Waals surface area contributed by atoms with Gasteiger partial charge in [0.05, 0.1) is 11.9 Å². The summed E-state index contributed by atoms with van der Waals surface area (Å²) in [5.41, 5.74) is 1.09. The van der Waals surface area contributed by atoms with Crippen molar-refractivity contribution in [3.63, 3.8) is 0 Å². The molecule has 0 N–H and O–H groups in total. The molecule has 2 rings (SSSR count). The van der Waals surface area contributed by atoms with E-state index in [1.807, 2.05) is 24.3 Å². The molecule has 0 radical (unpaired) electrons. The molecule has 16 heavy (non-hydrogen) atoms. The molecule has 0 spiro atoms. The molecule has 0 saturated carbocycles. The smallest absolute Gasteiger partial charge is 0.125 e. The zero-order chi connectivity index (χ0) is 11.5. The Hall–Kier alpha value is -0.510. The second kappa shape index (κ2) is 5.21. The molecule has 4 heteroatoms. The Morgan fingerprint density at radius 3 is 2.81 bits per heavy atom. The summed E-state index contributed by atoms with van der Waals surface area (Å²) in [5, 5.41) is 2.75. The van der Waals surface area contributed by atoms with Crippen molar-refractivity contribution in [3.05, 3.63) is 51.2 Å². The van der Waals surface area contributed by atoms with Gasteiger partial charge in [0.1, 0.15) is 5.75 Å². The Bertz CT molecular complexity index is 470. The molecule has 1 nitrogen and oxygen atoms in total. The fourth-order valence-corrected chi connectivity index (χ4v) is 3.22. The van der Waals surface area contributed by atoms with E-state index in [1.54, 1.807) is 18.4 Å². The quantitative estimate of drug-likeness (QED) is 0.732. The van der Waals surface area contributed by atoms with Crippen molar-refractivity contribution in [2.75, 3.05) is 7.11 Å². The molecule has 1 aromatic carbocycles. The third kappa shape index (κ3) is 2.42. The van der Waals surface area contributed by atoms with Gasteiger partial charge in [0.15, 0.2) is 0 Å². The van der Waals surface area contributed by atoms with Gasteiger partial charge in [-0.05, 0) is 23.6 Å².